The standard InChI is InChI=1S/C50H33N3/c1-3-15-32(16-4-1)49-51-43-26-14-25-42-48(43)53(49)46-28-12-10-23-40(46)50(42)39-22-9-7-20-37(39)47-35(21-13-24-41(47)50)33-29-30-45-38(31-33)36-19-8-11-27-44(36)52(45)34-17-5-2-6-18-34/h1-31,49,51H. The Hall–Kier alpha value is -6.84. The van der Waals surface area contributed by atoms with Gasteiger partial charge < -0.3 is 14.8 Å². The van der Waals surface area contributed by atoms with Crippen LogP contribution in [0.2, 0.25) is 0 Å². The van der Waals surface area contributed by atoms with Gasteiger partial charge >= 0.3 is 0 Å². The molecule has 1 aromatic heterocycles. The summed E-state index contributed by atoms with van der Waals surface area (Å²) >= 11 is 0. The second-order valence-electron chi connectivity index (χ2n) is 14.5. The van der Waals surface area contributed by atoms with Gasteiger partial charge in [0.2, 0.25) is 0 Å². The van der Waals surface area contributed by atoms with Crippen LogP contribution in [0.1, 0.15) is 34.0 Å². The molecule has 3 aliphatic rings. The average molecular weight is 676 g/mol. The van der Waals surface area contributed by atoms with Crippen molar-refractivity contribution in [3.05, 3.63) is 216 Å². The van der Waals surface area contributed by atoms with Gasteiger partial charge in [-0.25, -0.2) is 0 Å². The minimum Gasteiger partial charge on any atom is -0.359 e. The molecule has 1 aliphatic carbocycles. The van der Waals surface area contributed by atoms with Gasteiger partial charge in [-0.15, -0.1) is 0 Å². The fourth-order valence-electron chi connectivity index (χ4n) is 9.98. The number of benzene rings is 8. The van der Waals surface area contributed by atoms with Crippen molar-refractivity contribution < 1.29 is 0 Å². The van der Waals surface area contributed by atoms with Gasteiger partial charge in [-0.2, -0.15) is 0 Å². The Labute approximate surface area is 308 Å². The van der Waals surface area contributed by atoms with Gasteiger partial charge in [0.25, 0.3) is 0 Å². The number of hydrogen-bond donors (Lipinski definition) is 1. The summed E-state index contributed by atoms with van der Waals surface area (Å²) in [6.07, 6.45) is -0.00181. The van der Waals surface area contributed by atoms with Crippen molar-refractivity contribution in [3.63, 3.8) is 0 Å². The molecule has 8 aromatic carbocycles. The number of nitrogens with zero attached hydrogens (tertiary/aromatic N) is 2. The van der Waals surface area contributed by atoms with E-state index in [-0.39, 0.29) is 6.17 Å². The van der Waals surface area contributed by atoms with Crippen LogP contribution in [0.4, 0.5) is 17.1 Å². The maximum absolute atomic E-state index is 3.93. The second-order valence-corrected chi connectivity index (χ2v) is 14.5. The molecule has 2 aliphatic heterocycles. The number of para-hydroxylation sites is 4. The van der Waals surface area contributed by atoms with Gasteiger partial charge in [0.05, 0.1) is 27.8 Å². The predicted molar refractivity (Wildman–Crippen MR) is 218 cm³/mol. The third-order valence-corrected chi connectivity index (χ3v) is 12.0. The highest BCUT2D eigenvalue weighted by Crippen LogP contribution is 2.66. The summed E-state index contributed by atoms with van der Waals surface area (Å²) in [6, 6.07) is 69.5. The van der Waals surface area contributed by atoms with Gasteiger partial charge in [-0.1, -0.05) is 146 Å². The van der Waals surface area contributed by atoms with E-state index in [1.54, 1.807) is 0 Å². The molecule has 0 fully saturated rings. The number of aromatic nitrogens is 1. The molecular formula is C50H33N3. The molecule has 3 heteroatoms. The van der Waals surface area contributed by atoms with Crippen LogP contribution < -0.4 is 10.2 Å². The quantitative estimate of drug-likeness (QED) is 0.201. The molecule has 0 amide bonds. The fraction of sp³-hybridized carbons (Fsp3) is 0.0400. The van der Waals surface area contributed by atoms with E-state index in [9.17, 15) is 0 Å². The lowest BCUT2D eigenvalue weighted by molar-refractivity contribution is 0.720. The Bertz CT molecular complexity index is 2940. The van der Waals surface area contributed by atoms with Crippen molar-refractivity contribution in [2.75, 3.05) is 10.2 Å². The number of nitrogens with one attached hydrogen (secondary N) is 1. The van der Waals surface area contributed by atoms with E-state index >= 15 is 0 Å². The largest absolute Gasteiger partial charge is 0.359 e. The van der Waals surface area contributed by atoms with Crippen LogP contribution in [0.5, 0.6) is 0 Å². The summed E-state index contributed by atoms with van der Waals surface area (Å²) in [6.45, 7) is 0. The molecule has 2 unspecified atom stereocenters. The first-order chi connectivity index (χ1) is 26.3. The second kappa shape index (κ2) is 10.6. The first-order valence-electron chi connectivity index (χ1n) is 18.5. The average Bonchev–Trinajstić information content (AvgIpc) is 3.88. The highest BCUT2D eigenvalue weighted by molar-refractivity contribution is 6.11. The monoisotopic (exact) mass is 675 g/mol. The summed E-state index contributed by atoms with van der Waals surface area (Å²) < 4.78 is 2.39. The minimum atomic E-state index is -0.485. The third kappa shape index (κ3) is 3.68. The van der Waals surface area contributed by atoms with Crippen molar-refractivity contribution in [2.24, 2.45) is 0 Å². The SMILES string of the molecule is c1ccc(C2Nc3cccc4c3N2c2ccccc2C42c3ccccc3-c3c(-c4ccc5c(c4)c4ccccc4n5-c4ccccc4)cccc32)cc1. The first-order valence-corrected chi connectivity index (χ1v) is 18.5. The minimum absolute atomic E-state index is 0.00181. The molecule has 1 N–H and O–H groups in total. The van der Waals surface area contributed by atoms with Gasteiger partial charge in [-0.05, 0) is 92.5 Å². The van der Waals surface area contributed by atoms with Gasteiger partial charge in [0, 0.05) is 22.1 Å². The van der Waals surface area contributed by atoms with Gasteiger partial charge in [0.15, 0.2) is 0 Å². The molecule has 3 heterocycles. The molecule has 0 bridgehead atoms. The van der Waals surface area contributed by atoms with E-state index in [0.717, 1.165) is 0 Å². The molecule has 0 saturated heterocycles. The molecule has 0 radical (unpaired) electrons. The van der Waals surface area contributed by atoms with Crippen LogP contribution in [0.3, 0.4) is 0 Å². The van der Waals surface area contributed by atoms with Crippen LogP contribution in [-0.4, -0.2) is 4.57 Å². The summed E-state index contributed by atoms with van der Waals surface area (Å²) in [5, 5.41) is 6.46. The lowest BCUT2D eigenvalue weighted by atomic mass is 9.64. The zero-order valence-electron chi connectivity index (χ0n) is 28.9. The summed E-state index contributed by atoms with van der Waals surface area (Å²) in [5.74, 6) is 0. The molecule has 248 valence electrons. The van der Waals surface area contributed by atoms with E-state index in [2.05, 4.69) is 203 Å². The Morgan fingerprint density at radius 3 is 2.02 bits per heavy atom. The molecule has 1 spiro atoms. The summed E-state index contributed by atoms with van der Waals surface area (Å²) in [5.41, 5.74) is 18.5. The van der Waals surface area contributed by atoms with Crippen molar-refractivity contribution in [1.82, 2.24) is 4.57 Å². The predicted octanol–water partition coefficient (Wildman–Crippen LogP) is 12.4. The number of hydrogen-bond acceptors (Lipinski definition) is 2. The molecule has 3 nitrogen and oxygen atoms in total. The smallest absolute Gasteiger partial charge is 0.130 e. The van der Waals surface area contributed by atoms with Crippen molar-refractivity contribution >= 4 is 38.9 Å². The van der Waals surface area contributed by atoms with Crippen LogP contribution >= 0.6 is 0 Å². The first kappa shape index (κ1) is 28.8. The molecule has 9 aromatic rings. The van der Waals surface area contributed by atoms with Crippen LogP contribution in [0.25, 0.3) is 49.7 Å². The lowest BCUT2D eigenvalue weighted by Crippen LogP contribution is -2.37. The molecule has 53 heavy (non-hydrogen) atoms. The lowest BCUT2D eigenvalue weighted by Gasteiger charge is -2.44. The summed E-state index contributed by atoms with van der Waals surface area (Å²) in [4.78, 5) is 2.54. The van der Waals surface area contributed by atoms with Gasteiger partial charge in [-0.3, -0.25) is 0 Å². The topological polar surface area (TPSA) is 20.2 Å². The van der Waals surface area contributed by atoms with E-state index in [0.29, 0.717) is 0 Å². The number of rotatable bonds is 3. The number of anilines is 3. The van der Waals surface area contributed by atoms with Crippen LogP contribution in [0, 0.1) is 0 Å². The zero-order valence-corrected chi connectivity index (χ0v) is 28.9. The number of fused-ring (bicyclic) bond motifs is 12. The van der Waals surface area contributed by atoms with E-state index < -0.39 is 5.41 Å². The highest BCUT2D eigenvalue weighted by Gasteiger charge is 2.54. The zero-order chi connectivity index (χ0) is 34.7. The van der Waals surface area contributed by atoms with E-state index in [1.165, 1.54) is 94.6 Å². The summed E-state index contributed by atoms with van der Waals surface area (Å²) in [7, 11) is 0. The van der Waals surface area contributed by atoms with E-state index in [1.807, 2.05) is 0 Å². The maximum atomic E-state index is 3.93. The van der Waals surface area contributed by atoms with Crippen LogP contribution in [-0.2, 0) is 5.41 Å². The Morgan fingerprint density at radius 1 is 0.472 bits per heavy atom. The molecular weight excluding hydrogens is 643 g/mol. The Morgan fingerprint density at radius 2 is 1.13 bits per heavy atom. The molecule has 12 rings (SSSR count). The van der Waals surface area contributed by atoms with Crippen LogP contribution in [0.15, 0.2) is 188 Å². The van der Waals surface area contributed by atoms with Crippen molar-refractivity contribution in [1.29, 1.82) is 0 Å². The van der Waals surface area contributed by atoms with Gasteiger partial charge in [0.1, 0.15) is 6.17 Å². The highest BCUT2D eigenvalue weighted by atomic mass is 15.3. The Balaban J connectivity index is 1.13. The molecule has 2 atom stereocenters. The maximum Gasteiger partial charge on any atom is 0.130 e. The fourth-order valence-corrected chi connectivity index (χ4v) is 9.98. The van der Waals surface area contributed by atoms with Crippen molar-refractivity contribution in [3.8, 4) is 27.9 Å². The third-order valence-electron chi connectivity index (χ3n) is 12.0. The van der Waals surface area contributed by atoms with Crippen molar-refractivity contribution in [2.45, 2.75) is 11.6 Å². The normalized spacial score (nSPS) is 17.4. The van der Waals surface area contributed by atoms with E-state index in [4.69, 9.17) is 0 Å². The Kier molecular flexibility index (Phi) is 5.76. The molecule has 0 saturated carbocycles.